The van der Waals surface area contributed by atoms with Crippen LogP contribution in [-0.2, 0) is 9.53 Å². The fraction of sp³-hybridized carbons (Fsp3) is 0.941. The second-order valence-electron chi connectivity index (χ2n) is 7.39. The van der Waals surface area contributed by atoms with Crippen LogP contribution in [-0.4, -0.2) is 97.7 Å². The SMILES string of the molecule is CN(C)CCN(C)[C@@H]1[C@H](O)[C@H](CO)O[C@@H]1CNC(=O)C1CCCC1. The van der Waals surface area contributed by atoms with Gasteiger partial charge in [0.05, 0.1) is 18.8 Å². The smallest absolute Gasteiger partial charge is 0.223 e. The van der Waals surface area contributed by atoms with Crippen molar-refractivity contribution in [1.82, 2.24) is 15.1 Å². The lowest BCUT2D eigenvalue weighted by Gasteiger charge is -2.31. The van der Waals surface area contributed by atoms with Gasteiger partial charge in [-0.2, -0.15) is 0 Å². The Hall–Kier alpha value is -0.730. The number of hydrogen-bond acceptors (Lipinski definition) is 6. The topological polar surface area (TPSA) is 85.3 Å². The molecule has 3 N–H and O–H groups in total. The molecule has 0 bridgehead atoms. The number of aliphatic hydroxyl groups is 2. The van der Waals surface area contributed by atoms with Crippen molar-refractivity contribution in [3.63, 3.8) is 0 Å². The minimum Gasteiger partial charge on any atom is -0.394 e. The maximum Gasteiger partial charge on any atom is 0.223 e. The number of likely N-dealkylation sites (N-methyl/N-ethyl adjacent to an activating group) is 2. The van der Waals surface area contributed by atoms with E-state index < -0.39 is 12.2 Å². The number of carbonyl (C=O) groups is 1. The van der Waals surface area contributed by atoms with Gasteiger partial charge >= 0.3 is 0 Å². The molecule has 2 aliphatic rings. The first kappa shape index (κ1) is 19.6. The summed E-state index contributed by atoms with van der Waals surface area (Å²) >= 11 is 0. The quantitative estimate of drug-likeness (QED) is 0.539. The van der Waals surface area contributed by atoms with Gasteiger partial charge in [0.2, 0.25) is 5.91 Å². The highest BCUT2D eigenvalue weighted by Gasteiger charge is 2.45. The second-order valence-corrected chi connectivity index (χ2v) is 7.39. The molecule has 0 spiro atoms. The molecule has 140 valence electrons. The van der Waals surface area contributed by atoms with E-state index in [4.69, 9.17) is 4.74 Å². The molecule has 1 saturated carbocycles. The molecule has 0 aromatic rings. The van der Waals surface area contributed by atoms with E-state index in [2.05, 4.69) is 15.1 Å². The number of rotatable bonds is 8. The van der Waals surface area contributed by atoms with Crippen molar-refractivity contribution in [2.24, 2.45) is 5.92 Å². The standard InChI is InChI=1S/C17H33N3O4/c1-19(2)8-9-20(3)15-13(24-14(11-21)16(15)22)10-18-17(23)12-6-4-5-7-12/h12-16,21-22H,4-11H2,1-3H3,(H,18,23)/t13-,14+,15+,16-/m1/s1. The lowest BCUT2D eigenvalue weighted by atomic mass is 10.0. The molecule has 7 heteroatoms. The van der Waals surface area contributed by atoms with Crippen LogP contribution in [0, 0.1) is 5.92 Å². The highest BCUT2D eigenvalue weighted by molar-refractivity contribution is 5.78. The largest absolute Gasteiger partial charge is 0.394 e. The zero-order valence-electron chi connectivity index (χ0n) is 15.1. The Bertz CT molecular complexity index is 401. The molecule has 24 heavy (non-hydrogen) atoms. The Morgan fingerprint density at radius 2 is 1.83 bits per heavy atom. The summed E-state index contributed by atoms with van der Waals surface area (Å²) < 4.78 is 5.81. The third-order valence-electron chi connectivity index (χ3n) is 5.25. The zero-order chi connectivity index (χ0) is 17.7. The summed E-state index contributed by atoms with van der Waals surface area (Å²) in [5.74, 6) is 0.211. The molecule has 0 aromatic heterocycles. The van der Waals surface area contributed by atoms with E-state index in [0.29, 0.717) is 6.54 Å². The molecule has 2 fully saturated rings. The van der Waals surface area contributed by atoms with Gasteiger partial charge in [0.1, 0.15) is 12.2 Å². The highest BCUT2D eigenvalue weighted by atomic mass is 16.5. The van der Waals surface area contributed by atoms with Crippen LogP contribution in [0.5, 0.6) is 0 Å². The van der Waals surface area contributed by atoms with Crippen LogP contribution in [0.1, 0.15) is 25.7 Å². The molecule has 1 heterocycles. The van der Waals surface area contributed by atoms with Gasteiger partial charge in [0.15, 0.2) is 0 Å². The number of nitrogens with zero attached hydrogens (tertiary/aromatic N) is 2. The van der Waals surface area contributed by atoms with E-state index in [1.165, 1.54) is 0 Å². The van der Waals surface area contributed by atoms with Crippen molar-refractivity contribution in [2.45, 2.75) is 50.0 Å². The summed E-state index contributed by atoms with van der Waals surface area (Å²) in [6.07, 6.45) is 2.52. The van der Waals surface area contributed by atoms with Crippen LogP contribution in [0.15, 0.2) is 0 Å². The molecule has 1 amide bonds. The van der Waals surface area contributed by atoms with Crippen LogP contribution < -0.4 is 5.32 Å². The van der Waals surface area contributed by atoms with Gasteiger partial charge in [-0.15, -0.1) is 0 Å². The predicted molar refractivity (Wildman–Crippen MR) is 91.7 cm³/mol. The predicted octanol–water partition coefficient (Wildman–Crippen LogP) is -0.725. The Kier molecular flexibility index (Phi) is 7.43. The van der Waals surface area contributed by atoms with Crippen LogP contribution in [0.3, 0.4) is 0 Å². The first-order valence-electron chi connectivity index (χ1n) is 9.01. The number of nitrogens with one attached hydrogen (secondary N) is 1. The summed E-state index contributed by atoms with van der Waals surface area (Å²) in [5.41, 5.74) is 0. The van der Waals surface area contributed by atoms with Crippen LogP contribution in [0.25, 0.3) is 0 Å². The monoisotopic (exact) mass is 343 g/mol. The first-order valence-corrected chi connectivity index (χ1v) is 9.01. The lowest BCUT2D eigenvalue weighted by Crippen LogP contribution is -2.51. The number of hydrogen-bond donors (Lipinski definition) is 3. The molecule has 1 aliphatic carbocycles. The van der Waals surface area contributed by atoms with Gasteiger partial charge in [0.25, 0.3) is 0 Å². The van der Waals surface area contributed by atoms with Crippen molar-refractivity contribution in [2.75, 3.05) is 47.4 Å². The zero-order valence-corrected chi connectivity index (χ0v) is 15.1. The van der Waals surface area contributed by atoms with Gasteiger partial charge in [0, 0.05) is 25.6 Å². The Morgan fingerprint density at radius 1 is 1.17 bits per heavy atom. The Morgan fingerprint density at radius 3 is 2.42 bits per heavy atom. The van der Waals surface area contributed by atoms with E-state index in [0.717, 1.165) is 38.8 Å². The van der Waals surface area contributed by atoms with Crippen molar-refractivity contribution in [3.8, 4) is 0 Å². The lowest BCUT2D eigenvalue weighted by molar-refractivity contribution is -0.125. The van der Waals surface area contributed by atoms with Crippen molar-refractivity contribution in [3.05, 3.63) is 0 Å². The fourth-order valence-electron chi connectivity index (χ4n) is 3.73. The number of aliphatic hydroxyl groups excluding tert-OH is 2. The van der Waals surface area contributed by atoms with Crippen molar-refractivity contribution < 1.29 is 19.7 Å². The van der Waals surface area contributed by atoms with Gasteiger partial charge in [-0.3, -0.25) is 9.69 Å². The van der Waals surface area contributed by atoms with Crippen LogP contribution in [0.2, 0.25) is 0 Å². The van der Waals surface area contributed by atoms with E-state index in [1.807, 2.05) is 21.1 Å². The van der Waals surface area contributed by atoms with Gasteiger partial charge in [-0.1, -0.05) is 12.8 Å². The summed E-state index contributed by atoms with van der Waals surface area (Å²) in [6.45, 7) is 1.81. The van der Waals surface area contributed by atoms with E-state index in [-0.39, 0.29) is 30.6 Å². The number of carbonyl (C=O) groups excluding carboxylic acids is 1. The molecule has 0 radical (unpaired) electrons. The fourth-order valence-corrected chi connectivity index (χ4v) is 3.73. The molecule has 1 saturated heterocycles. The minimum atomic E-state index is -0.754. The average molecular weight is 343 g/mol. The molecule has 1 aliphatic heterocycles. The molecule has 0 unspecified atom stereocenters. The minimum absolute atomic E-state index is 0.0905. The molecule has 2 rings (SSSR count). The van der Waals surface area contributed by atoms with E-state index >= 15 is 0 Å². The highest BCUT2D eigenvalue weighted by Crippen LogP contribution is 2.26. The molecule has 7 nitrogen and oxygen atoms in total. The average Bonchev–Trinajstić information content (AvgIpc) is 3.18. The van der Waals surface area contributed by atoms with Crippen LogP contribution >= 0.6 is 0 Å². The van der Waals surface area contributed by atoms with Crippen molar-refractivity contribution in [1.29, 1.82) is 0 Å². The molecular formula is C17H33N3O4. The Balaban J connectivity index is 1.92. The van der Waals surface area contributed by atoms with E-state index in [9.17, 15) is 15.0 Å². The molecule has 0 aromatic carbocycles. The van der Waals surface area contributed by atoms with Crippen LogP contribution in [0.4, 0.5) is 0 Å². The maximum atomic E-state index is 12.2. The van der Waals surface area contributed by atoms with Crippen molar-refractivity contribution >= 4 is 5.91 Å². The van der Waals surface area contributed by atoms with Gasteiger partial charge in [-0.25, -0.2) is 0 Å². The normalized spacial score (nSPS) is 31.3. The second kappa shape index (κ2) is 9.10. The number of ether oxygens (including phenoxy) is 1. The van der Waals surface area contributed by atoms with E-state index in [1.54, 1.807) is 0 Å². The number of amides is 1. The molecular weight excluding hydrogens is 310 g/mol. The summed E-state index contributed by atoms with van der Waals surface area (Å²) in [4.78, 5) is 16.4. The summed E-state index contributed by atoms with van der Waals surface area (Å²) in [5, 5.41) is 22.9. The third kappa shape index (κ3) is 4.89. The van der Waals surface area contributed by atoms with Gasteiger partial charge in [-0.05, 0) is 34.0 Å². The molecule has 4 atom stereocenters. The van der Waals surface area contributed by atoms with Gasteiger partial charge < -0.3 is 25.2 Å². The summed E-state index contributed by atoms with van der Waals surface area (Å²) in [6, 6.07) is -0.231. The first-order chi connectivity index (χ1) is 11.4. The third-order valence-corrected chi connectivity index (χ3v) is 5.25. The summed E-state index contributed by atoms with van der Waals surface area (Å²) in [7, 11) is 5.96. The maximum absolute atomic E-state index is 12.2. The Labute approximate surface area is 144 Å².